The predicted molar refractivity (Wildman–Crippen MR) is 111 cm³/mol. The van der Waals surface area contributed by atoms with Crippen molar-refractivity contribution < 1.29 is 18.8 Å². The molecule has 5 rings (SSSR count). The topological polar surface area (TPSA) is 100 Å². The predicted octanol–water partition coefficient (Wildman–Crippen LogP) is 3.01. The Kier molecular flexibility index (Phi) is 5.41. The molecule has 4 aliphatic carbocycles. The van der Waals surface area contributed by atoms with E-state index in [9.17, 15) is 14.4 Å². The van der Waals surface area contributed by atoms with Crippen LogP contribution in [0.5, 0.6) is 0 Å². The third-order valence-corrected chi connectivity index (χ3v) is 7.34. The molecule has 1 atom stereocenters. The molecular formula is C23H33N3O4. The SMILES string of the molecule is Cc1cc(C(=O)NNC(=O)[C@H](NC(=O)C23CC4CC(CC(C4)C2)C3)C(C)C)c(C)o1. The van der Waals surface area contributed by atoms with Crippen LogP contribution >= 0.6 is 0 Å². The molecule has 7 nitrogen and oxygen atoms in total. The summed E-state index contributed by atoms with van der Waals surface area (Å²) in [5.41, 5.74) is 5.00. The minimum Gasteiger partial charge on any atom is -0.466 e. The summed E-state index contributed by atoms with van der Waals surface area (Å²) in [6, 6.07) is 0.934. The molecule has 1 aromatic heterocycles. The van der Waals surface area contributed by atoms with Gasteiger partial charge in [-0.2, -0.15) is 0 Å². The maximum Gasteiger partial charge on any atom is 0.273 e. The van der Waals surface area contributed by atoms with Gasteiger partial charge in [0, 0.05) is 5.41 Å². The maximum absolute atomic E-state index is 13.3. The third-order valence-electron chi connectivity index (χ3n) is 7.34. The summed E-state index contributed by atoms with van der Waals surface area (Å²) in [4.78, 5) is 38.5. The van der Waals surface area contributed by atoms with E-state index in [2.05, 4.69) is 16.2 Å². The molecule has 4 fully saturated rings. The van der Waals surface area contributed by atoms with Crippen LogP contribution in [0.4, 0.5) is 0 Å². The zero-order valence-corrected chi connectivity index (χ0v) is 18.3. The summed E-state index contributed by atoms with van der Waals surface area (Å²) < 4.78 is 5.37. The number of hydrazine groups is 1. The van der Waals surface area contributed by atoms with E-state index in [-0.39, 0.29) is 17.2 Å². The minimum absolute atomic E-state index is 0.0167. The van der Waals surface area contributed by atoms with Gasteiger partial charge in [0.15, 0.2) is 0 Å². The first-order valence-corrected chi connectivity index (χ1v) is 11.1. The van der Waals surface area contributed by atoms with E-state index in [0.29, 0.717) is 34.8 Å². The van der Waals surface area contributed by atoms with Crippen LogP contribution in [0.2, 0.25) is 0 Å². The number of rotatable bonds is 5. The highest BCUT2D eigenvalue weighted by atomic mass is 16.3. The van der Waals surface area contributed by atoms with Crippen LogP contribution in [0.15, 0.2) is 10.5 Å². The summed E-state index contributed by atoms with van der Waals surface area (Å²) in [6.07, 6.45) is 6.64. The zero-order chi connectivity index (χ0) is 21.6. The largest absolute Gasteiger partial charge is 0.466 e. The molecule has 3 amide bonds. The van der Waals surface area contributed by atoms with Crippen LogP contribution in [0.1, 0.15) is 74.3 Å². The van der Waals surface area contributed by atoms with E-state index in [1.165, 1.54) is 19.3 Å². The van der Waals surface area contributed by atoms with Gasteiger partial charge in [-0.05, 0) is 82.1 Å². The van der Waals surface area contributed by atoms with E-state index in [1.807, 2.05) is 13.8 Å². The Morgan fingerprint density at radius 3 is 2.03 bits per heavy atom. The summed E-state index contributed by atoms with van der Waals surface area (Å²) in [5.74, 6) is 2.18. The smallest absolute Gasteiger partial charge is 0.273 e. The lowest BCUT2D eigenvalue weighted by Crippen LogP contribution is -2.59. The third kappa shape index (κ3) is 3.86. The van der Waals surface area contributed by atoms with Crippen molar-refractivity contribution in [1.29, 1.82) is 0 Å². The van der Waals surface area contributed by atoms with Gasteiger partial charge >= 0.3 is 0 Å². The van der Waals surface area contributed by atoms with Crippen molar-refractivity contribution in [2.75, 3.05) is 0 Å². The van der Waals surface area contributed by atoms with E-state index in [1.54, 1.807) is 19.9 Å². The second-order valence-electron chi connectivity index (χ2n) is 10.2. The van der Waals surface area contributed by atoms with Crippen molar-refractivity contribution in [2.45, 2.75) is 72.3 Å². The quantitative estimate of drug-likeness (QED) is 0.644. The molecule has 0 saturated heterocycles. The van der Waals surface area contributed by atoms with Crippen molar-refractivity contribution in [1.82, 2.24) is 16.2 Å². The van der Waals surface area contributed by atoms with Gasteiger partial charge in [-0.15, -0.1) is 0 Å². The zero-order valence-electron chi connectivity index (χ0n) is 18.3. The number of carbonyl (C=O) groups is 3. The number of furan rings is 1. The summed E-state index contributed by atoms with van der Waals surface area (Å²) in [5, 5.41) is 3.03. The van der Waals surface area contributed by atoms with Gasteiger partial charge in [0.25, 0.3) is 11.8 Å². The van der Waals surface area contributed by atoms with E-state index < -0.39 is 17.9 Å². The molecule has 4 bridgehead atoms. The van der Waals surface area contributed by atoms with Crippen LogP contribution in [-0.4, -0.2) is 23.8 Å². The minimum atomic E-state index is -0.696. The number of amides is 3. The van der Waals surface area contributed by atoms with Crippen LogP contribution in [0.25, 0.3) is 0 Å². The van der Waals surface area contributed by atoms with Crippen molar-refractivity contribution in [3.05, 3.63) is 23.2 Å². The highest BCUT2D eigenvalue weighted by Gasteiger charge is 2.55. The van der Waals surface area contributed by atoms with E-state index >= 15 is 0 Å². The second kappa shape index (κ2) is 7.75. The average Bonchev–Trinajstić information content (AvgIpc) is 3.00. The first kappa shape index (κ1) is 20.9. The van der Waals surface area contributed by atoms with Crippen LogP contribution in [0, 0.1) is 42.9 Å². The molecule has 0 radical (unpaired) electrons. The van der Waals surface area contributed by atoms with Gasteiger partial charge in [0.05, 0.1) is 5.56 Å². The lowest BCUT2D eigenvalue weighted by Gasteiger charge is -2.55. The van der Waals surface area contributed by atoms with Gasteiger partial charge in [0.1, 0.15) is 17.6 Å². The molecule has 30 heavy (non-hydrogen) atoms. The van der Waals surface area contributed by atoms with Crippen molar-refractivity contribution in [3.8, 4) is 0 Å². The van der Waals surface area contributed by atoms with Crippen molar-refractivity contribution >= 4 is 17.7 Å². The Morgan fingerprint density at radius 1 is 1.00 bits per heavy atom. The van der Waals surface area contributed by atoms with Gasteiger partial charge in [-0.1, -0.05) is 13.8 Å². The standard InChI is InChI=1S/C23H33N3O4/c1-12(2)19(21(28)26-25-20(27)18-5-13(3)30-14(18)4)24-22(29)23-9-15-6-16(10-23)8-17(7-15)11-23/h5,12,15-17,19H,6-11H2,1-4H3,(H,24,29)(H,25,27)(H,26,28)/t15?,16?,17?,19-,23?/m1/s1. The van der Waals surface area contributed by atoms with Crippen LogP contribution in [0.3, 0.4) is 0 Å². The van der Waals surface area contributed by atoms with Crippen LogP contribution in [-0.2, 0) is 9.59 Å². The molecule has 1 aromatic rings. The number of nitrogens with one attached hydrogen (secondary N) is 3. The fraction of sp³-hybridized carbons (Fsp3) is 0.696. The van der Waals surface area contributed by atoms with Crippen LogP contribution < -0.4 is 16.2 Å². The lowest BCUT2D eigenvalue weighted by molar-refractivity contribution is -0.149. The fourth-order valence-corrected chi connectivity index (χ4v) is 6.34. The molecule has 3 N–H and O–H groups in total. The molecule has 1 heterocycles. The Hall–Kier alpha value is -2.31. The fourth-order valence-electron chi connectivity index (χ4n) is 6.34. The number of hydrogen-bond donors (Lipinski definition) is 3. The number of aryl methyl sites for hydroxylation is 2. The Bertz CT molecular complexity index is 821. The molecule has 4 aliphatic rings. The van der Waals surface area contributed by atoms with Gasteiger partial charge in [-0.3, -0.25) is 25.2 Å². The number of carbonyl (C=O) groups excluding carboxylic acids is 3. The Morgan fingerprint density at radius 2 is 1.57 bits per heavy atom. The first-order valence-electron chi connectivity index (χ1n) is 11.1. The second-order valence-corrected chi connectivity index (χ2v) is 10.2. The summed E-state index contributed by atoms with van der Waals surface area (Å²) in [6.45, 7) is 7.26. The first-order chi connectivity index (χ1) is 14.2. The molecule has 0 unspecified atom stereocenters. The van der Waals surface area contributed by atoms with Gasteiger partial charge < -0.3 is 9.73 Å². The van der Waals surface area contributed by atoms with Gasteiger partial charge in [-0.25, -0.2) is 0 Å². The summed E-state index contributed by atoms with van der Waals surface area (Å²) >= 11 is 0. The highest BCUT2D eigenvalue weighted by Crippen LogP contribution is 2.60. The number of hydrogen-bond acceptors (Lipinski definition) is 4. The molecule has 0 aliphatic heterocycles. The molecule has 0 spiro atoms. The molecule has 7 heteroatoms. The Balaban J connectivity index is 1.39. The van der Waals surface area contributed by atoms with E-state index in [0.717, 1.165) is 19.3 Å². The molecule has 164 valence electrons. The van der Waals surface area contributed by atoms with Gasteiger partial charge in [0.2, 0.25) is 5.91 Å². The van der Waals surface area contributed by atoms with E-state index in [4.69, 9.17) is 4.42 Å². The average molecular weight is 416 g/mol. The lowest BCUT2D eigenvalue weighted by atomic mass is 9.49. The normalized spacial score (nSPS) is 30.2. The van der Waals surface area contributed by atoms with Crippen molar-refractivity contribution in [3.63, 3.8) is 0 Å². The summed E-state index contributed by atoms with van der Waals surface area (Å²) in [7, 11) is 0. The molecule has 4 saturated carbocycles. The monoisotopic (exact) mass is 415 g/mol. The van der Waals surface area contributed by atoms with Crippen molar-refractivity contribution in [2.24, 2.45) is 29.1 Å². The maximum atomic E-state index is 13.3. The molecule has 0 aromatic carbocycles. The Labute approximate surface area is 177 Å². The highest BCUT2D eigenvalue weighted by molar-refractivity contribution is 5.97. The molecular weight excluding hydrogens is 382 g/mol.